The zero-order chi connectivity index (χ0) is 27.5. The van der Waals surface area contributed by atoms with E-state index in [1.807, 2.05) is 18.2 Å². The van der Waals surface area contributed by atoms with Gasteiger partial charge in [0, 0.05) is 34.3 Å². The van der Waals surface area contributed by atoms with E-state index in [4.69, 9.17) is 31.5 Å². The summed E-state index contributed by atoms with van der Waals surface area (Å²) in [5, 5.41) is 3.41. The van der Waals surface area contributed by atoms with Crippen LogP contribution < -0.4 is 21.3 Å². The smallest absolute Gasteiger partial charge is 0.252 e. The third-order valence-corrected chi connectivity index (χ3v) is 7.18. The van der Waals surface area contributed by atoms with Gasteiger partial charge in [0.1, 0.15) is 11.8 Å². The molecule has 0 bridgehead atoms. The first-order valence-electron chi connectivity index (χ1n) is 12.9. The van der Waals surface area contributed by atoms with Crippen molar-refractivity contribution in [1.82, 2.24) is 4.57 Å². The molecule has 1 aromatic heterocycles. The van der Waals surface area contributed by atoms with E-state index < -0.39 is 17.9 Å². The van der Waals surface area contributed by atoms with Gasteiger partial charge < -0.3 is 25.3 Å². The molecule has 2 amide bonds. The van der Waals surface area contributed by atoms with Crippen molar-refractivity contribution in [2.24, 2.45) is 11.7 Å². The third-order valence-electron chi connectivity index (χ3n) is 6.94. The van der Waals surface area contributed by atoms with Crippen molar-refractivity contribution in [1.29, 1.82) is 0 Å². The van der Waals surface area contributed by atoms with Gasteiger partial charge in [-0.05, 0) is 59.9 Å². The van der Waals surface area contributed by atoms with Crippen molar-refractivity contribution in [2.45, 2.75) is 31.9 Å². The molecule has 0 saturated carbocycles. The molecule has 39 heavy (non-hydrogen) atoms. The Morgan fingerprint density at radius 2 is 1.90 bits per heavy atom. The van der Waals surface area contributed by atoms with E-state index in [1.165, 1.54) is 22.8 Å². The molecule has 1 fully saturated rings. The number of carbonyl (C=O) groups is 2. The molecule has 3 atom stereocenters. The summed E-state index contributed by atoms with van der Waals surface area (Å²) < 4.78 is 18.9. The first-order chi connectivity index (χ1) is 18.8. The molecule has 9 nitrogen and oxygen atoms in total. The number of amides is 2. The molecule has 2 aliphatic heterocycles. The summed E-state index contributed by atoms with van der Waals surface area (Å²) in [6.07, 6.45) is 2.22. The van der Waals surface area contributed by atoms with Gasteiger partial charge in [-0.3, -0.25) is 19.0 Å². The highest BCUT2D eigenvalue weighted by molar-refractivity contribution is 6.30. The predicted octanol–water partition coefficient (Wildman–Crippen LogP) is 3.82. The average molecular weight is 552 g/mol. The highest BCUT2D eigenvalue weighted by Crippen LogP contribution is 2.37. The third kappa shape index (κ3) is 6.16. The molecule has 0 aliphatic carbocycles. The van der Waals surface area contributed by atoms with Gasteiger partial charge in [-0.15, -0.1) is 0 Å². The molecule has 10 heteroatoms. The lowest BCUT2D eigenvalue weighted by molar-refractivity contribution is -0.124. The van der Waals surface area contributed by atoms with E-state index in [2.05, 4.69) is 12.2 Å². The lowest BCUT2D eigenvalue weighted by atomic mass is 9.92. The largest absolute Gasteiger partial charge is 0.491 e. The topological polar surface area (TPSA) is 122 Å². The van der Waals surface area contributed by atoms with Crippen molar-refractivity contribution in [2.75, 3.05) is 31.7 Å². The molecule has 3 unspecified atom stereocenters. The monoisotopic (exact) mass is 551 g/mol. The van der Waals surface area contributed by atoms with Gasteiger partial charge in [-0.1, -0.05) is 24.6 Å². The van der Waals surface area contributed by atoms with Gasteiger partial charge >= 0.3 is 0 Å². The molecule has 5 rings (SSSR count). The number of halogens is 1. The highest BCUT2D eigenvalue weighted by Gasteiger charge is 2.30. The Balaban J connectivity index is 1.53. The minimum atomic E-state index is -0.921. The lowest BCUT2D eigenvalue weighted by Gasteiger charge is -2.29. The first kappa shape index (κ1) is 26.9. The normalized spacial score (nSPS) is 19.4. The fourth-order valence-corrected chi connectivity index (χ4v) is 5.13. The van der Waals surface area contributed by atoms with Gasteiger partial charge in [0.2, 0.25) is 11.8 Å². The summed E-state index contributed by atoms with van der Waals surface area (Å²) >= 11 is 6.32. The Hall–Kier alpha value is -3.66. The summed E-state index contributed by atoms with van der Waals surface area (Å²) in [4.78, 5) is 38.6. The van der Waals surface area contributed by atoms with Crippen LogP contribution in [0.15, 0.2) is 59.5 Å². The molecule has 3 heterocycles. The van der Waals surface area contributed by atoms with Crippen molar-refractivity contribution in [3.63, 3.8) is 0 Å². The molecule has 3 N–H and O–H groups in total. The van der Waals surface area contributed by atoms with Crippen LogP contribution in [0.25, 0.3) is 11.1 Å². The van der Waals surface area contributed by atoms with E-state index in [1.54, 1.807) is 18.3 Å². The molecule has 0 radical (unpaired) electrons. The second-order valence-electron chi connectivity index (χ2n) is 9.97. The van der Waals surface area contributed by atoms with E-state index in [-0.39, 0.29) is 24.0 Å². The predicted molar refractivity (Wildman–Crippen MR) is 147 cm³/mol. The molecular weight excluding hydrogens is 522 g/mol. The van der Waals surface area contributed by atoms with E-state index >= 15 is 0 Å². The van der Waals surface area contributed by atoms with Gasteiger partial charge in [0.05, 0.1) is 38.7 Å². The minimum Gasteiger partial charge on any atom is -0.491 e. The number of nitrogens with one attached hydrogen (secondary N) is 1. The molecule has 1 saturated heterocycles. The second kappa shape index (κ2) is 11.6. The Morgan fingerprint density at radius 3 is 2.62 bits per heavy atom. The van der Waals surface area contributed by atoms with Crippen LogP contribution in [0.4, 0.5) is 5.69 Å². The van der Waals surface area contributed by atoms with Crippen LogP contribution in [-0.4, -0.2) is 48.9 Å². The summed E-state index contributed by atoms with van der Waals surface area (Å²) in [5.74, 6) is -0.256. The van der Waals surface area contributed by atoms with Gasteiger partial charge in [0.25, 0.3) is 5.56 Å². The van der Waals surface area contributed by atoms with Crippen molar-refractivity contribution >= 4 is 29.1 Å². The first-order valence-corrected chi connectivity index (χ1v) is 13.2. The number of primary amides is 1. The maximum atomic E-state index is 13.6. The summed E-state index contributed by atoms with van der Waals surface area (Å²) in [6, 6.07) is 12.5. The molecule has 0 spiro atoms. The minimum absolute atomic E-state index is 0.211. The SMILES string of the molecule is CC1COc2cn(C(CC3COCCO3)C(=O)Nc3ccc(C(N)=O)cc3)c(=O)cc2-c2cc(Cl)ccc2C1. The van der Waals surface area contributed by atoms with E-state index in [9.17, 15) is 14.4 Å². The highest BCUT2D eigenvalue weighted by atomic mass is 35.5. The van der Waals surface area contributed by atoms with Crippen molar-refractivity contribution < 1.29 is 23.8 Å². The number of ether oxygens (including phenoxy) is 3. The fourth-order valence-electron chi connectivity index (χ4n) is 4.95. The number of fused-ring (bicyclic) bond motifs is 3. The van der Waals surface area contributed by atoms with E-state index in [0.29, 0.717) is 54.0 Å². The Kier molecular flexibility index (Phi) is 8.02. The number of hydrogen-bond donors (Lipinski definition) is 2. The molecule has 3 aromatic rings. The van der Waals surface area contributed by atoms with Crippen LogP contribution in [0.2, 0.25) is 5.02 Å². The van der Waals surface area contributed by atoms with Gasteiger partial charge in [-0.25, -0.2) is 0 Å². The van der Waals surface area contributed by atoms with Crippen LogP contribution in [0, 0.1) is 5.92 Å². The number of aromatic nitrogens is 1. The van der Waals surface area contributed by atoms with Crippen molar-refractivity contribution in [3.05, 3.63) is 81.2 Å². The fraction of sp³-hybridized carbons (Fsp3) is 0.345. The van der Waals surface area contributed by atoms with Crippen LogP contribution in [0.3, 0.4) is 0 Å². The van der Waals surface area contributed by atoms with E-state index in [0.717, 1.165) is 17.5 Å². The quantitative estimate of drug-likeness (QED) is 0.480. The molecule has 2 aliphatic rings. The maximum absolute atomic E-state index is 13.6. The number of hydrogen-bond acceptors (Lipinski definition) is 6. The van der Waals surface area contributed by atoms with Crippen LogP contribution in [-0.2, 0) is 20.7 Å². The zero-order valence-electron chi connectivity index (χ0n) is 21.5. The second-order valence-corrected chi connectivity index (χ2v) is 10.4. The Labute approximate surface area is 230 Å². The van der Waals surface area contributed by atoms with Gasteiger partial charge in [0.15, 0.2) is 0 Å². The van der Waals surface area contributed by atoms with Crippen LogP contribution >= 0.6 is 11.6 Å². The summed E-state index contributed by atoms with van der Waals surface area (Å²) in [6.45, 7) is 3.75. The molecule has 204 valence electrons. The number of nitrogens with zero attached hydrogens (tertiary/aromatic N) is 1. The summed E-state index contributed by atoms with van der Waals surface area (Å²) in [7, 11) is 0. The molecular formula is C29H30ClN3O6. The number of anilines is 1. The number of benzene rings is 2. The standard InChI is InChI=1S/C29H30ClN3O6/c1-17-10-19-2-5-20(30)11-23(19)24-13-27(34)33(14-26(24)39-15-17)25(12-22-16-37-8-9-38-22)29(36)32-21-6-3-18(4-7-21)28(31)35/h2-7,11,13-14,17,22,25H,8-10,12,15-16H2,1H3,(H2,31,35)(H,32,36). The summed E-state index contributed by atoms with van der Waals surface area (Å²) in [5.41, 5.74) is 8.30. The van der Waals surface area contributed by atoms with Crippen LogP contribution in [0.5, 0.6) is 5.75 Å². The Bertz CT molecular complexity index is 1430. The number of nitrogens with two attached hydrogens (primary N) is 1. The van der Waals surface area contributed by atoms with Crippen LogP contribution in [0.1, 0.15) is 35.3 Å². The molecule has 2 aromatic carbocycles. The van der Waals surface area contributed by atoms with Crippen molar-refractivity contribution in [3.8, 4) is 16.9 Å². The zero-order valence-corrected chi connectivity index (χ0v) is 22.3. The number of pyridine rings is 1. The Morgan fingerprint density at radius 1 is 1.10 bits per heavy atom. The average Bonchev–Trinajstić information content (AvgIpc) is 2.92. The maximum Gasteiger partial charge on any atom is 0.252 e. The lowest BCUT2D eigenvalue weighted by Crippen LogP contribution is -2.38. The number of rotatable bonds is 6. The van der Waals surface area contributed by atoms with Gasteiger partial charge in [-0.2, -0.15) is 0 Å². The number of carbonyl (C=O) groups excluding carboxylic acids is 2.